The molecule has 1 fully saturated rings. The van der Waals surface area contributed by atoms with Gasteiger partial charge in [0.15, 0.2) is 20.4 Å². The van der Waals surface area contributed by atoms with Gasteiger partial charge in [-0.05, 0) is 48.8 Å². The van der Waals surface area contributed by atoms with Gasteiger partial charge in [0.1, 0.15) is 5.75 Å². The van der Waals surface area contributed by atoms with Crippen LogP contribution in [0.2, 0.25) is 0 Å². The van der Waals surface area contributed by atoms with Crippen LogP contribution in [0.1, 0.15) is 20.3 Å². The van der Waals surface area contributed by atoms with E-state index in [1.807, 2.05) is 28.8 Å². The molecule has 9 heteroatoms. The highest BCUT2D eigenvalue weighted by Crippen LogP contribution is 2.24. The Morgan fingerprint density at radius 1 is 1.37 bits per heavy atom. The van der Waals surface area contributed by atoms with Crippen LogP contribution in [0.4, 0.5) is 0 Å². The molecule has 0 unspecified atom stereocenters. The second kappa shape index (κ2) is 9.45. The fraction of sp³-hybridized carbons (Fsp3) is 0.524. The van der Waals surface area contributed by atoms with Gasteiger partial charge in [-0.2, -0.15) is 5.10 Å². The van der Waals surface area contributed by atoms with E-state index in [-0.39, 0.29) is 17.5 Å². The molecule has 0 spiro atoms. The van der Waals surface area contributed by atoms with Crippen molar-refractivity contribution < 1.29 is 13.2 Å². The van der Waals surface area contributed by atoms with Gasteiger partial charge in [0.2, 0.25) is 0 Å². The first-order valence-corrected chi connectivity index (χ1v) is 12.3. The molecule has 0 amide bonds. The molecular weight excluding hydrogens is 420 g/mol. The maximum atomic E-state index is 12.0. The molecule has 164 valence electrons. The molecule has 2 aromatic rings. The van der Waals surface area contributed by atoms with Gasteiger partial charge in [0.25, 0.3) is 0 Å². The number of nitrogens with zero attached hydrogens (tertiary/aromatic N) is 4. The summed E-state index contributed by atoms with van der Waals surface area (Å²) in [6.07, 6.45) is 2.45. The Hall–Kier alpha value is -1.97. The zero-order valence-corrected chi connectivity index (χ0v) is 19.5. The number of allylic oxidation sites excluding steroid dienone is 1. The molecule has 3 rings (SSSR count). The van der Waals surface area contributed by atoms with E-state index >= 15 is 0 Å². The van der Waals surface area contributed by atoms with Crippen LogP contribution in [0.15, 0.2) is 36.9 Å². The molecule has 0 N–H and O–H groups in total. The van der Waals surface area contributed by atoms with Gasteiger partial charge in [0, 0.05) is 24.7 Å². The van der Waals surface area contributed by atoms with Gasteiger partial charge in [-0.3, -0.25) is 9.47 Å². The summed E-state index contributed by atoms with van der Waals surface area (Å²) in [4.78, 5) is 2.20. The molecular formula is C21H30N4O3S2. The quantitative estimate of drug-likeness (QED) is 0.431. The predicted molar refractivity (Wildman–Crippen MR) is 122 cm³/mol. The average Bonchev–Trinajstić information content (AvgIpc) is 3.21. The summed E-state index contributed by atoms with van der Waals surface area (Å²) in [5, 5.41) is 4.80. The Morgan fingerprint density at radius 2 is 2.07 bits per heavy atom. The van der Waals surface area contributed by atoms with Gasteiger partial charge in [-0.1, -0.05) is 19.9 Å². The standard InChI is InChI=1S/C21H30N4O3S2/c1-5-11-24-20(17-6-8-19(28-4)9-7-17)22-25(21(24)29)15-23(13-16(2)3)18-10-12-30(26,27)14-18/h5-9,16,18H,1,10-15H2,2-4H3/t18-/m1/s1. The summed E-state index contributed by atoms with van der Waals surface area (Å²) in [5.41, 5.74) is 0.932. The minimum absolute atomic E-state index is 0.00621. The van der Waals surface area contributed by atoms with Crippen LogP contribution in [0.5, 0.6) is 5.75 Å². The Kier molecular flexibility index (Phi) is 7.15. The van der Waals surface area contributed by atoms with E-state index < -0.39 is 9.84 Å². The first-order valence-electron chi connectivity index (χ1n) is 10.1. The molecule has 1 saturated heterocycles. The Balaban J connectivity index is 1.95. The van der Waals surface area contributed by atoms with Crippen molar-refractivity contribution in [1.82, 2.24) is 19.2 Å². The number of ether oxygens (including phenoxy) is 1. The van der Waals surface area contributed by atoms with Crippen LogP contribution >= 0.6 is 12.2 Å². The van der Waals surface area contributed by atoms with Crippen molar-refractivity contribution in [3.8, 4) is 17.1 Å². The van der Waals surface area contributed by atoms with Gasteiger partial charge < -0.3 is 4.74 Å². The molecule has 1 aliphatic heterocycles. The second-order valence-corrected chi connectivity index (χ2v) is 10.7. The zero-order chi connectivity index (χ0) is 21.9. The number of methoxy groups -OCH3 is 1. The van der Waals surface area contributed by atoms with Crippen molar-refractivity contribution in [2.45, 2.75) is 39.5 Å². The van der Waals surface area contributed by atoms with Crippen molar-refractivity contribution in [3.63, 3.8) is 0 Å². The number of rotatable bonds is 9. The lowest BCUT2D eigenvalue weighted by atomic mass is 10.1. The molecule has 1 atom stereocenters. The maximum Gasteiger partial charge on any atom is 0.199 e. The van der Waals surface area contributed by atoms with Gasteiger partial charge in [0.05, 0.1) is 25.3 Å². The summed E-state index contributed by atoms with van der Waals surface area (Å²) >= 11 is 5.72. The Labute approximate surface area is 183 Å². The number of aromatic nitrogens is 3. The van der Waals surface area contributed by atoms with E-state index in [0.717, 1.165) is 23.7 Å². The first kappa shape index (κ1) is 22.7. The summed E-state index contributed by atoms with van der Waals surface area (Å²) in [7, 11) is -1.33. The normalized spacial score (nSPS) is 18.2. The fourth-order valence-electron chi connectivity index (χ4n) is 3.81. The molecule has 1 aromatic carbocycles. The molecule has 0 saturated carbocycles. The van der Waals surface area contributed by atoms with Crippen molar-refractivity contribution in [2.75, 3.05) is 25.2 Å². The summed E-state index contributed by atoms with van der Waals surface area (Å²) in [6.45, 7) is 9.91. The summed E-state index contributed by atoms with van der Waals surface area (Å²) in [5.74, 6) is 2.38. The van der Waals surface area contributed by atoms with Crippen LogP contribution < -0.4 is 4.74 Å². The number of sulfone groups is 1. The van der Waals surface area contributed by atoms with Crippen LogP contribution in [0.3, 0.4) is 0 Å². The van der Waals surface area contributed by atoms with E-state index in [0.29, 0.717) is 30.3 Å². The minimum atomic E-state index is -2.97. The predicted octanol–water partition coefficient (Wildman–Crippen LogP) is 3.38. The molecule has 1 aliphatic rings. The topological polar surface area (TPSA) is 69.4 Å². The van der Waals surface area contributed by atoms with Gasteiger partial charge in [-0.15, -0.1) is 6.58 Å². The minimum Gasteiger partial charge on any atom is -0.497 e. The first-order chi connectivity index (χ1) is 14.2. The molecule has 2 heterocycles. The highest BCUT2D eigenvalue weighted by molar-refractivity contribution is 7.91. The average molecular weight is 451 g/mol. The number of benzene rings is 1. The van der Waals surface area contributed by atoms with E-state index in [9.17, 15) is 8.42 Å². The van der Waals surface area contributed by atoms with Gasteiger partial charge >= 0.3 is 0 Å². The van der Waals surface area contributed by atoms with Crippen molar-refractivity contribution in [2.24, 2.45) is 5.92 Å². The van der Waals surface area contributed by atoms with E-state index in [1.165, 1.54) is 0 Å². The lowest BCUT2D eigenvalue weighted by Crippen LogP contribution is -2.40. The van der Waals surface area contributed by atoms with Crippen LogP contribution in [-0.2, 0) is 23.1 Å². The third-order valence-electron chi connectivity index (χ3n) is 5.22. The van der Waals surface area contributed by atoms with Crippen molar-refractivity contribution >= 4 is 22.1 Å². The molecule has 30 heavy (non-hydrogen) atoms. The molecule has 1 aromatic heterocycles. The largest absolute Gasteiger partial charge is 0.497 e. The smallest absolute Gasteiger partial charge is 0.199 e. The zero-order valence-electron chi connectivity index (χ0n) is 17.8. The van der Waals surface area contributed by atoms with Gasteiger partial charge in [-0.25, -0.2) is 13.1 Å². The highest BCUT2D eigenvalue weighted by atomic mass is 32.2. The molecule has 7 nitrogen and oxygen atoms in total. The molecule has 0 aliphatic carbocycles. The maximum absolute atomic E-state index is 12.0. The molecule has 0 radical (unpaired) electrons. The van der Waals surface area contributed by atoms with E-state index in [1.54, 1.807) is 17.9 Å². The van der Waals surface area contributed by atoms with E-state index in [4.69, 9.17) is 22.1 Å². The van der Waals surface area contributed by atoms with E-state index in [2.05, 4.69) is 25.3 Å². The third kappa shape index (κ3) is 5.19. The summed E-state index contributed by atoms with van der Waals surface area (Å²) < 4.78 is 33.7. The highest BCUT2D eigenvalue weighted by Gasteiger charge is 2.33. The van der Waals surface area contributed by atoms with Crippen LogP contribution in [0, 0.1) is 10.7 Å². The van der Waals surface area contributed by atoms with Crippen molar-refractivity contribution in [3.05, 3.63) is 41.7 Å². The SMILES string of the molecule is C=CCn1c(-c2ccc(OC)cc2)nn(CN(CC(C)C)[C@@H]2CCS(=O)(=O)C2)c1=S. The monoisotopic (exact) mass is 450 g/mol. The van der Waals surface area contributed by atoms with Crippen molar-refractivity contribution in [1.29, 1.82) is 0 Å². The number of hydrogen-bond acceptors (Lipinski definition) is 6. The fourth-order valence-corrected chi connectivity index (χ4v) is 5.83. The second-order valence-electron chi connectivity index (χ2n) is 8.10. The van der Waals surface area contributed by atoms with Crippen LogP contribution in [0.25, 0.3) is 11.4 Å². The lowest BCUT2D eigenvalue weighted by Gasteiger charge is -2.29. The third-order valence-corrected chi connectivity index (χ3v) is 7.40. The Bertz CT molecular complexity index is 1040. The molecule has 0 bridgehead atoms. The summed E-state index contributed by atoms with van der Waals surface area (Å²) in [6, 6.07) is 7.69. The lowest BCUT2D eigenvalue weighted by molar-refractivity contribution is 0.137. The number of hydrogen-bond donors (Lipinski definition) is 0. The van der Waals surface area contributed by atoms with Crippen LogP contribution in [-0.4, -0.2) is 58.9 Å². The Morgan fingerprint density at radius 3 is 2.60 bits per heavy atom.